The molecule has 0 radical (unpaired) electrons. The number of hydrogen-bond donors (Lipinski definition) is 1. The van der Waals surface area contributed by atoms with Crippen LogP contribution in [0.15, 0.2) is 42.5 Å². The Morgan fingerprint density at radius 2 is 1.85 bits per heavy atom. The lowest BCUT2D eigenvalue weighted by Crippen LogP contribution is -2.30. The van der Waals surface area contributed by atoms with Gasteiger partial charge in [-0.25, -0.2) is 0 Å². The maximum Gasteiger partial charge on any atom is 0.310 e. The van der Waals surface area contributed by atoms with Gasteiger partial charge in [-0.1, -0.05) is 12.1 Å². The van der Waals surface area contributed by atoms with Gasteiger partial charge in [0.05, 0.1) is 24.7 Å². The summed E-state index contributed by atoms with van der Waals surface area (Å²) in [6, 6.07) is 14.3. The maximum absolute atomic E-state index is 12.1. The first-order chi connectivity index (χ1) is 12.9. The molecule has 0 heterocycles. The van der Waals surface area contributed by atoms with E-state index in [1.54, 1.807) is 24.3 Å². The highest BCUT2D eigenvalue weighted by atomic mass is 16.5. The average molecular weight is 366 g/mol. The van der Waals surface area contributed by atoms with Crippen molar-refractivity contribution in [3.63, 3.8) is 0 Å². The van der Waals surface area contributed by atoms with E-state index in [1.807, 2.05) is 38.1 Å². The molecule has 0 unspecified atom stereocenters. The number of benzene rings is 2. The molecule has 1 amide bonds. The van der Waals surface area contributed by atoms with Crippen LogP contribution in [0.2, 0.25) is 0 Å². The Hall–Kier alpha value is -3.33. The van der Waals surface area contributed by atoms with E-state index in [0.717, 1.165) is 16.9 Å². The Morgan fingerprint density at radius 3 is 2.52 bits per heavy atom. The zero-order valence-electron chi connectivity index (χ0n) is 15.6. The number of aryl methyl sites for hydroxylation is 2. The second-order valence-electron chi connectivity index (χ2n) is 6.18. The van der Waals surface area contributed by atoms with Gasteiger partial charge in [0.2, 0.25) is 0 Å². The van der Waals surface area contributed by atoms with Crippen LogP contribution in [0.25, 0.3) is 0 Å². The summed E-state index contributed by atoms with van der Waals surface area (Å²) in [5.41, 5.74) is 3.09. The normalized spacial score (nSPS) is 11.2. The van der Waals surface area contributed by atoms with E-state index in [9.17, 15) is 9.59 Å². The monoisotopic (exact) mass is 366 g/mol. The minimum atomic E-state index is -0.936. The fraction of sp³-hybridized carbons (Fsp3) is 0.286. The molecule has 0 aliphatic heterocycles. The van der Waals surface area contributed by atoms with Gasteiger partial charge in [-0.3, -0.25) is 9.59 Å². The molecule has 1 atom stereocenters. The lowest BCUT2D eigenvalue weighted by atomic mass is 10.1. The standard InChI is InChI=1S/C21H22N2O4/c1-14-4-5-15(2)19(12-14)26-11-10-20(24)27-16(3)21(25)23-18-8-6-17(13-22)7-9-18/h4-9,12,16H,10-11H2,1-3H3,(H,23,25)/t16-/m1/s1. The van der Waals surface area contributed by atoms with E-state index in [2.05, 4.69) is 5.32 Å². The van der Waals surface area contributed by atoms with Crippen molar-refractivity contribution >= 4 is 17.6 Å². The van der Waals surface area contributed by atoms with Crippen molar-refractivity contribution in [1.82, 2.24) is 0 Å². The summed E-state index contributed by atoms with van der Waals surface area (Å²) >= 11 is 0. The van der Waals surface area contributed by atoms with Gasteiger partial charge in [0.1, 0.15) is 5.75 Å². The zero-order chi connectivity index (χ0) is 19.8. The van der Waals surface area contributed by atoms with Crippen LogP contribution in [-0.4, -0.2) is 24.6 Å². The van der Waals surface area contributed by atoms with Crippen molar-refractivity contribution < 1.29 is 19.1 Å². The summed E-state index contributed by atoms with van der Waals surface area (Å²) < 4.78 is 10.8. The van der Waals surface area contributed by atoms with Crippen LogP contribution in [0, 0.1) is 25.2 Å². The molecule has 0 aliphatic rings. The van der Waals surface area contributed by atoms with E-state index in [1.165, 1.54) is 6.92 Å². The minimum Gasteiger partial charge on any atom is -0.493 e. The molecule has 2 aromatic rings. The fourth-order valence-electron chi connectivity index (χ4n) is 2.29. The molecule has 6 nitrogen and oxygen atoms in total. The van der Waals surface area contributed by atoms with Crippen LogP contribution in [0.4, 0.5) is 5.69 Å². The SMILES string of the molecule is Cc1ccc(C)c(OCCC(=O)O[C@H](C)C(=O)Nc2ccc(C#N)cc2)c1. The van der Waals surface area contributed by atoms with Crippen LogP contribution in [0.5, 0.6) is 5.75 Å². The third-order valence-electron chi connectivity index (χ3n) is 3.87. The van der Waals surface area contributed by atoms with Crippen molar-refractivity contribution in [3.8, 4) is 11.8 Å². The number of amides is 1. The lowest BCUT2D eigenvalue weighted by molar-refractivity contribution is -0.153. The summed E-state index contributed by atoms with van der Waals surface area (Å²) in [6.45, 7) is 5.58. The number of nitriles is 1. The molecule has 2 rings (SSSR count). The van der Waals surface area contributed by atoms with Crippen molar-refractivity contribution in [3.05, 3.63) is 59.2 Å². The third-order valence-corrected chi connectivity index (χ3v) is 3.87. The molecule has 0 aliphatic carbocycles. The summed E-state index contributed by atoms with van der Waals surface area (Å²) in [5.74, 6) is -0.222. The van der Waals surface area contributed by atoms with E-state index in [0.29, 0.717) is 11.3 Å². The molecule has 0 fully saturated rings. The van der Waals surface area contributed by atoms with Gasteiger partial charge in [0, 0.05) is 5.69 Å². The van der Waals surface area contributed by atoms with Crippen LogP contribution < -0.4 is 10.1 Å². The lowest BCUT2D eigenvalue weighted by Gasteiger charge is -2.14. The first-order valence-corrected chi connectivity index (χ1v) is 8.59. The number of carbonyl (C=O) groups excluding carboxylic acids is 2. The molecule has 0 bridgehead atoms. The quantitative estimate of drug-likeness (QED) is 0.758. The number of carbonyl (C=O) groups is 2. The number of nitrogens with one attached hydrogen (secondary N) is 1. The highest BCUT2D eigenvalue weighted by Crippen LogP contribution is 2.19. The Morgan fingerprint density at radius 1 is 1.15 bits per heavy atom. The summed E-state index contributed by atoms with van der Waals surface area (Å²) in [4.78, 5) is 24.0. The number of hydrogen-bond acceptors (Lipinski definition) is 5. The Balaban J connectivity index is 1.77. The number of esters is 1. The zero-order valence-corrected chi connectivity index (χ0v) is 15.6. The second-order valence-corrected chi connectivity index (χ2v) is 6.18. The van der Waals surface area contributed by atoms with Gasteiger partial charge < -0.3 is 14.8 Å². The summed E-state index contributed by atoms with van der Waals surface area (Å²) in [5, 5.41) is 11.4. The maximum atomic E-state index is 12.1. The highest BCUT2D eigenvalue weighted by molar-refractivity contribution is 5.95. The van der Waals surface area contributed by atoms with Crippen LogP contribution in [0.1, 0.15) is 30.0 Å². The van der Waals surface area contributed by atoms with Crippen molar-refractivity contribution in [2.75, 3.05) is 11.9 Å². The third kappa shape index (κ3) is 6.15. The van der Waals surface area contributed by atoms with Crippen molar-refractivity contribution in [2.45, 2.75) is 33.3 Å². The molecule has 0 aromatic heterocycles. The smallest absolute Gasteiger partial charge is 0.310 e. The molecule has 0 saturated carbocycles. The van der Waals surface area contributed by atoms with Crippen molar-refractivity contribution in [1.29, 1.82) is 5.26 Å². The fourth-order valence-corrected chi connectivity index (χ4v) is 2.29. The predicted octanol–water partition coefficient (Wildman–Crippen LogP) is 3.51. The summed E-state index contributed by atoms with van der Waals surface area (Å²) in [6.07, 6.45) is -0.893. The Labute approximate surface area is 158 Å². The van der Waals surface area contributed by atoms with Crippen LogP contribution >= 0.6 is 0 Å². The first kappa shape index (κ1) is 20.0. The van der Waals surface area contributed by atoms with Gasteiger partial charge in [0.25, 0.3) is 5.91 Å². The molecule has 1 N–H and O–H groups in total. The average Bonchev–Trinajstić information content (AvgIpc) is 2.65. The van der Waals surface area contributed by atoms with Crippen LogP contribution in [0.3, 0.4) is 0 Å². The number of rotatable bonds is 7. The molecule has 0 saturated heterocycles. The summed E-state index contributed by atoms with van der Waals surface area (Å²) in [7, 11) is 0. The highest BCUT2D eigenvalue weighted by Gasteiger charge is 2.18. The predicted molar refractivity (Wildman–Crippen MR) is 101 cm³/mol. The van der Waals surface area contributed by atoms with Crippen LogP contribution in [-0.2, 0) is 14.3 Å². The van der Waals surface area contributed by atoms with Crippen molar-refractivity contribution in [2.24, 2.45) is 0 Å². The second kappa shape index (κ2) is 9.39. The van der Waals surface area contributed by atoms with Gasteiger partial charge in [-0.15, -0.1) is 0 Å². The van der Waals surface area contributed by atoms with E-state index in [4.69, 9.17) is 14.7 Å². The molecular formula is C21H22N2O4. The molecular weight excluding hydrogens is 344 g/mol. The van der Waals surface area contributed by atoms with E-state index in [-0.39, 0.29) is 13.0 Å². The topological polar surface area (TPSA) is 88.4 Å². The van der Waals surface area contributed by atoms with Gasteiger partial charge in [0.15, 0.2) is 6.10 Å². The van der Waals surface area contributed by atoms with Gasteiger partial charge in [-0.05, 0) is 62.2 Å². The first-order valence-electron chi connectivity index (χ1n) is 8.59. The number of anilines is 1. The Bertz CT molecular complexity index is 853. The molecule has 6 heteroatoms. The van der Waals surface area contributed by atoms with E-state index >= 15 is 0 Å². The van der Waals surface area contributed by atoms with Gasteiger partial charge >= 0.3 is 5.97 Å². The van der Waals surface area contributed by atoms with E-state index < -0.39 is 18.0 Å². The largest absolute Gasteiger partial charge is 0.493 e. The molecule has 27 heavy (non-hydrogen) atoms. The number of ether oxygens (including phenoxy) is 2. The minimum absolute atomic E-state index is 0.0435. The van der Waals surface area contributed by atoms with Gasteiger partial charge in [-0.2, -0.15) is 5.26 Å². The molecule has 140 valence electrons. The molecule has 0 spiro atoms. The number of nitrogens with zero attached hydrogens (tertiary/aromatic N) is 1. The Kier molecular flexibility index (Phi) is 6.95. The molecule has 2 aromatic carbocycles.